The van der Waals surface area contributed by atoms with E-state index in [4.69, 9.17) is 0 Å². The van der Waals surface area contributed by atoms with Gasteiger partial charge in [0.05, 0.1) is 0 Å². The zero-order valence-corrected chi connectivity index (χ0v) is 9.95. The van der Waals surface area contributed by atoms with E-state index in [2.05, 4.69) is 26.6 Å². The Labute approximate surface area is 95.0 Å². The van der Waals surface area contributed by atoms with E-state index in [1.807, 2.05) is 11.4 Å². The largest absolute Gasteiger partial charge is 0.347 e. The Morgan fingerprint density at radius 3 is 3.14 bits per heavy atom. The van der Waals surface area contributed by atoms with Crippen LogP contribution in [0.3, 0.4) is 0 Å². The van der Waals surface area contributed by atoms with Crippen molar-refractivity contribution in [2.75, 3.05) is 13.1 Å². The van der Waals surface area contributed by atoms with E-state index in [-0.39, 0.29) is 11.9 Å². The van der Waals surface area contributed by atoms with Crippen LogP contribution < -0.4 is 10.6 Å². The Bertz CT molecular complexity index is 333. The molecule has 0 aromatic carbocycles. The molecule has 1 aliphatic rings. The Hall–Kier alpha value is -0.390. The van der Waals surface area contributed by atoms with Crippen molar-refractivity contribution in [1.82, 2.24) is 10.6 Å². The number of halogens is 1. The van der Waals surface area contributed by atoms with E-state index < -0.39 is 0 Å². The van der Waals surface area contributed by atoms with Gasteiger partial charge in [-0.25, -0.2) is 0 Å². The predicted octanol–water partition coefficient (Wildman–Crippen LogP) is 1.60. The monoisotopic (exact) mass is 274 g/mol. The number of nitrogens with one attached hydrogen (secondary N) is 2. The van der Waals surface area contributed by atoms with Gasteiger partial charge in [-0.1, -0.05) is 0 Å². The van der Waals surface area contributed by atoms with Gasteiger partial charge in [-0.15, -0.1) is 11.3 Å². The molecule has 2 rings (SSSR count). The van der Waals surface area contributed by atoms with Crippen molar-refractivity contribution in [2.45, 2.75) is 12.5 Å². The predicted molar refractivity (Wildman–Crippen MR) is 60.8 cm³/mol. The van der Waals surface area contributed by atoms with Crippen LogP contribution in [0.15, 0.2) is 15.9 Å². The fraction of sp³-hybridized carbons (Fsp3) is 0.444. The molecule has 76 valence electrons. The van der Waals surface area contributed by atoms with Gasteiger partial charge >= 0.3 is 0 Å². The van der Waals surface area contributed by atoms with Gasteiger partial charge in [0, 0.05) is 17.1 Å². The summed E-state index contributed by atoms with van der Waals surface area (Å²) >= 11 is 4.81. The highest BCUT2D eigenvalue weighted by molar-refractivity contribution is 9.10. The number of carbonyl (C=O) groups excluding carboxylic acids is 1. The maximum absolute atomic E-state index is 11.7. The normalized spacial score (nSPS) is 21.1. The van der Waals surface area contributed by atoms with Gasteiger partial charge in [0.2, 0.25) is 0 Å². The fourth-order valence-electron chi connectivity index (χ4n) is 1.48. The van der Waals surface area contributed by atoms with Gasteiger partial charge in [-0.3, -0.25) is 4.79 Å². The Balaban J connectivity index is 1.98. The van der Waals surface area contributed by atoms with Crippen LogP contribution in [-0.4, -0.2) is 25.0 Å². The molecule has 5 heteroatoms. The smallest absolute Gasteiger partial charge is 0.262 e. The third-order valence-corrected chi connectivity index (χ3v) is 4.06. The standard InChI is InChI=1S/C9H11BrN2OS/c10-7-2-4-14-8(7)9(13)12-6-1-3-11-5-6/h2,4,6,11H,1,3,5H2,(H,12,13)/t6-/m0/s1. The van der Waals surface area contributed by atoms with Crippen molar-refractivity contribution >= 4 is 33.2 Å². The van der Waals surface area contributed by atoms with Crippen LogP contribution in [0.25, 0.3) is 0 Å². The van der Waals surface area contributed by atoms with Crippen LogP contribution in [-0.2, 0) is 0 Å². The molecular formula is C9H11BrN2OS. The Morgan fingerprint density at radius 1 is 1.71 bits per heavy atom. The molecule has 1 aliphatic heterocycles. The number of hydrogen-bond donors (Lipinski definition) is 2. The second-order valence-electron chi connectivity index (χ2n) is 3.26. The first-order valence-electron chi connectivity index (χ1n) is 4.52. The molecule has 0 unspecified atom stereocenters. The highest BCUT2D eigenvalue weighted by Crippen LogP contribution is 2.22. The van der Waals surface area contributed by atoms with Crippen molar-refractivity contribution < 1.29 is 4.79 Å². The molecule has 1 amide bonds. The summed E-state index contributed by atoms with van der Waals surface area (Å²) in [4.78, 5) is 12.5. The summed E-state index contributed by atoms with van der Waals surface area (Å²) in [7, 11) is 0. The maximum Gasteiger partial charge on any atom is 0.262 e. The van der Waals surface area contributed by atoms with Crippen molar-refractivity contribution in [3.05, 3.63) is 20.8 Å². The van der Waals surface area contributed by atoms with Gasteiger partial charge in [-0.05, 0) is 40.3 Å². The van der Waals surface area contributed by atoms with Gasteiger partial charge in [0.25, 0.3) is 5.91 Å². The minimum atomic E-state index is 0.0283. The van der Waals surface area contributed by atoms with Crippen LogP contribution in [0.4, 0.5) is 0 Å². The zero-order valence-electron chi connectivity index (χ0n) is 7.55. The zero-order chi connectivity index (χ0) is 9.97. The molecule has 0 aliphatic carbocycles. The molecule has 2 N–H and O–H groups in total. The van der Waals surface area contributed by atoms with Crippen LogP contribution in [0.2, 0.25) is 0 Å². The first-order valence-corrected chi connectivity index (χ1v) is 6.19. The lowest BCUT2D eigenvalue weighted by Gasteiger charge is -2.10. The molecule has 0 bridgehead atoms. The highest BCUT2D eigenvalue weighted by atomic mass is 79.9. The second kappa shape index (κ2) is 4.42. The summed E-state index contributed by atoms with van der Waals surface area (Å²) in [5.41, 5.74) is 0. The number of rotatable bonds is 2. The molecule has 1 aromatic heterocycles. The van der Waals surface area contributed by atoms with Crippen molar-refractivity contribution in [2.24, 2.45) is 0 Å². The molecule has 1 saturated heterocycles. The third-order valence-electron chi connectivity index (χ3n) is 2.22. The minimum absolute atomic E-state index is 0.0283. The molecule has 0 radical (unpaired) electrons. The van der Waals surface area contributed by atoms with E-state index in [9.17, 15) is 4.79 Å². The summed E-state index contributed by atoms with van der Waals surface area (Å²) in [5, 5.41) is 8.12. The molecule has 1 atom stereocenters. The van der Waals surface area contributed by atoms with Gasteiger partial charge in [0.1, 0.15) is 4.88 Å². The Kier molecular flexibility index (Phi) is 3.20. The van der Waals surface area contributed by atoms with E-state index >= 15 is 0 Å². The van der Waals surface area contributed by atoms with Crippen molar-refractivity contribution in [1.29, 1.82) is 0 Å². The first kappa shape index (κ1) is 10.1. The van der Waals surface area contributed by atoms with E-state index in [0.717, 1.165) is 28.9 Å². The SMILES string of the molecule is O=C(N[C@H]1CCNC1)c1sccc1Br. The van der Waals surface area contributed by atoms with Crippen LogP contribution in [0.1, 0.15) is 16.1 Å². The van der Waals surface area contributed by atoms with E-state index in [1.165, 1.54) is 11.3 Å². The number of amides is 1. The summed E-state index contributed by atoms with van der Waals surface area (Å²) in [6, 6.07) is 2.18. The topological polar surface area (TPSA) is 41.1 Å². The molecule has 3 nitrogen and oxygen atoms in total. The molecule has 1 aromatic rings. The minimum Gasteiger partial charge on any atom is -0.347 e. The van der Waals surface area contributed by atoms with Crippen molar-refractivity contribution in [3.8, 4) is 0 Å². The van der Waals surface area contributed by atoms with Gasteiger partial charge < -0.3 is 10.6 Å². The quantitative estimate of drug-likeness (QED) is 0.860. The molecular weight excluding hydrogens is 264 g/mol. The molecule has 2 heterocycles. The lowest BCUT2D eigenvalue weighted by molar-refractivity contribution is 0.0943. The second-order valence-corrected chi connectivity index (χ2v) is 5.03. The van der Waals surface area contributed by atoms with Crippen LogP contribution in [0, 0.1) is 0 Å². The van der Waals surface area contributed by atoms with E-state index in [1.54, 1.807) is 0 Å². The Morgan fingerprint density at radius 2 is 2.57 bits per heavy atom. The summed E-state index contributed by atoms with van der Waals surface area (Å²) in [6.45, 7) is 1.88. The molecule has 0 spiro atoms. The number of carbonyl (C=O) groups is 1. The first-order chi connectivity index (χ1) is 6.77. The van der Waals surface area contributed by atoms with Crippen molar-refractivity contribution in [3.63, 3.8) is 0 Å². The summed E-state index contributed by atoms with van der Waals surface area (Å²) in [5.74, 6) is 0.0283. The average Bonchev–Trinajstić information content (AvgIpc) is 2.75. The van der Waals surface area contributed by atoms with Crippen LogP contribution >= 0.6 is 27.3 Å². The van der Waals surface area contributed by atoms with Gasteiger partial charge in [-0.2, -0.15) is 0 Å². The molecule has 1 fully saturated rings. The van der Waals surface area contributed by atoms with E-state index in [0.29, 0.717) is 0 Å². The summed E-state index contributed by atoms with van der Waals surface area (Å²) in [6.07, 6.45) is 1.02. The molecule has 0 saturated carbocycles. The average molecular weight is 275 g/mol. The number of hydrogen-bond acceptors (Lipinski definition) is 3. The third kappa shape index (κ3) is 2.16. The number of thiophene rings is 1. The van der Waals surface area contributed by atoms with Gasteiger partial charge in [0.15, 0.2) is 0 Å². The lowest BCUT2D eigenvalue weighted by atomic mass is 10.2. The molecule has 14 heavy (non-hydrogen) atoms. The maximum atomic E-state index is 11.7. The highest BCUT2D eigenvalue weighted by Gasteiger charge is 2.19. The van der Waals surface area contributed by atoms with Crippen LogP contribution in [0.5, 0.6) is 0 Å². The lowest BCUT2D eigenvalue weighted by Crippen LogP contribution is -2.35. The fourth-order valence-corrected chi connectivity index (χ4v) is 2.94. The summed E-state index contributed by atoms with van der Waals surface area (Å²) < 4.78 is 0.881.